The fraction of sp³-hybridized carbons (Fsp3) is 1.00. The molecule has 0 heterocycles. The van der Waals surface area contributed by atoms with Gasteiger partial charge in [-0.25, -0.2) is 0 Å². The minimum atomic E-state index is -1.10. The number of hydrogen-bond donors (Lipinski definition) is 2. The van der Waals surface area contributed by atoms with Crippen molar-refractivity contribution < 1.29 is 63.0 Å². The molecule has 13 heavy (non-hydrogen) atoms. The summed E-state index contributed by atoms with van der Waals surface area (Å²) in [5.41, 5.74) is 0. The zero-order valence-electron chi connectivity index (χ0n) is 10.1. The molecule has 0 saturated carbocycles. The molecule has 0 atom stereocenters. The summed E-state index contributed by atoms with van der Waals surface area (Å²) in [7, 11) is 0. The van der Waals surface area contributed by atoms with E-state index in [0.29, 0.717) is 6.42 Å². The van der Waals surface area contributed by atoms with Gasteiger partial charge in [-0.3, -0.25) is 0 Å². The number of hydrogen-bond acceptors (Lipinski definition) is 2. The molecule has 2 N–H and O–H groups in total. The monoisotopic (exact) mass is 214 g/mol. The van der Waals surface area contributed by atoms with Crippen LogP contribution in [0.25, 0.3) is 0 Å². The Balaban J connectivity index is -0.000000605. The van der Waals surface area contributed by atoms with Crippen molar-refractivity contribution >= 4 is 0 Å². The van der Waals surface area contributed by atoms with E-state index in [-0.39, 0.29) is 52.8 Å². The molecular formula is C10H23KO2. The molecule has 0 amide bonds. The molecule has 0 aliphatic rings. The third kappa shape index (κ3) is 16.2. The zero-order chi connectivity index (χ0) is 9.23. The van der Waals surface area contributed by atoms with Gasteiger partial charge in [0.15, 0.2) is 6.29 Å². The maximum Gasteiger partial charge on any atom is 1.00 e. The smallest absolute Gasteiger partial charge is 1.00 e. The van der Waals surface area contributed by atoms with E-state index in [1.807, 2.05) is 0 Å². The molecule has 0 bridgehead atoms. The molecule has 0 aromatic carbocycles. The Morgan fingerprint density at radius 2 is 1.38 bits per heavy atom. The van der Waals surface area contributed by atoms with E-state index in [4.69, 9.17) is 10.2 Å². The van der Waals surface area contributed by atoms with Gasteiger partial charge in [-0.05, 0) is 12.8 Å². The first-order valence-electron chi connectivity index (χ1n) is 5.13. The van der Waals surface area contributed by atoms with Crippen molar-refractivity contribution in [3.63, 3.8) is 0 Å². The summed E-state index contributed by atoms with van der Waals surface area (Å²) in [6.07, 6.45) is 8.03. The van der Waals surface area contributed by atoms with Crippen molar-refractivity contribution in [3.05, 3.63) is 0 Å². The molecule has 0 aliphatic carbocycles. The second kappa shape index (κ2) is 13.6. The predicted molar refractivity (Wildman–Crippen MR) is 51.9 cm³/mol. The van der Waals surface area contributed by atoms with Gasteiger partial charge in [0.1, 0.15) is 0 Å². The van der Waals surface area contributed by atoms with Gasteiger partial charge in [0.2, 0.25) is 0 Å². The third-order valence-electron chi connectivity index (χ3n) is 2.07. The Bertz CT molecular complexity index is 92.2. The summed E-state index contributed by atoms with van der Waals surface area (Å²) >= 11 is 0. The summed E-state index contributed by atoms with van der Waals surface area (Å²) < 4.78 is 0. The number of unbranched alkanes of at least 4 members (excludes halogenated alkanes) is 6. The van der Waals surface area contributed by atoms with E-state index < -0.39 is 6.29 Å². The SMILES string of the molecule is CCCCCCCCCC(O)O.[H-].[K+]. The van der Waals surface area contributed by atoms with Gasteiger partial charge in [-0.15, -0.1) is 0 Å². The van der Waals surface area contributed by atoms with Crippen LogP contribution < -0.4 is 51.4 Å². The molecule has 0 fully saturated rings. The summed E-state index contributed by atoms with van der Waals surface area (Å²) in [5.74, 6) is 0. The van der Waals surface area contributed by atoms with Gasteiger partial charge in [-0.2, -0.15) is 0 Å². The molecular weight excluding hydrogens is 191 g/mol. The first-order chi connectivity index (χ1) is 5.77. The molecule has 0 spiro atoms. The van der Waals surface area contributed by atoms with Crippen LogP contribution in [0.2, 0.25) is 0 Å². The second-order valence-electron chi connectivity index (χ2n) is 3.39. The summed E-state index contributed by atoms with van der Waals surface area (Å²) in [6.45, 7) is 2.21. The van der Waals surface area contributed by atoms with Crippen LogP contribution in [0.1, 0.15) is 59.7 Å². The first-order valence-corrected chi connectivity index (χ1v) is 5.13. The van der Waals surface area contributed by atoms with Gasteiger partial charge in [0.05, 0.1) is 0 Å². The van der Waals surface area contributed by atoms with Crippen molar-refractivity contribution in [2.75, 3.05) is 0 Å². The van der Waals surface area contributed by atoms with Crippen LogP contribution in [-0.4, -0.2) is 16.5 Å². The molecule has 76 valence electrons. The molecule has 0 unspecified atom stereocenters. The summed E-state index contributed by atoms with van der Waals surface area (Å²) in [4.78, 5) is 0. The Kier molecular flexibility index (Phi) is 17.7. The van der Waals surface area contributed by atoms with E-state index in [2.05, 4.69) is 6.92 Å². The van der Waals surface area contributed by atoms with Gasteiger partial charge in [0, 0.05) is 0 Å². The van der Waals surface area contributed by atoms with Crippen LogP contribution in [0.15, 0.2) is 0 Å². The molecule has 0 radical (unpaired) electrons. The largest absolute Gasteiger partial charge is 1.00 e. The Morgan fingerprint density at radius 1 is 0.923 bits per heavy atom. The fourth-order valence-corrected chi connectivity index (χ4v) is 1.28. The quantitative estimate of drug-likeness (QED) is 0.327. The van der Waals surface area contributed by atoms with Crippen molar-refractivity contribution in [2.45, 2.75) is 64.6 Å². The molecule has 0 aliphatic heterocycles. The van der Waals surface area contributed by atoms with E-state index in [1.54, 1.807) is 0 Å². The summed E-state index contributed by atoms with van der Waals surface area (Å²) in [5, 5.41) is 17.1. The second-order valence-corrected chi connectivity index (χ2v) is 3.39. The van der Waals surface area contributed by atoms with Crippen molar-refractivity contribution in [1.29, 1.82) is 0 Å². The maximum atomic E-state index is 8.55. The van der Waals surface area contributed by atoms with Crippen LogP contribution in [0.4, 0.5) is 0 Å². The Morgan fingerprint density at radius 3 is 1.85 bits per heavy atom. The van der Waals surface area contributed by atoms with Crippen LogP contribution in [-0.2, 0) is 0 Å². The Hall–Kier alpha value is 1.56. The van der Waals surface area contributed by atoms with Gasteiger partial charge in [0.25, 0.3) is 0 Å². The number of rotatable bonds is 8. The molecule has 0 rings (SSSR count). The normalized spacial score (nSPS) is 10.2. The van der Waals surface area contributed by atoms with Crippen molar-refractivity contribution in [1.82, 2.24) is 0 Å². The van der Waals surface area contributed by atoms with Crippen molar-refractivity contribution in [2.24, 2.45) is 0 Å². The minimum Gasteiger partial charge on any atom is -1.00 e. The van der Waals surface area contributed by atoms with Crippen molar-refractivity contribution in [3.8, 4) is 0 Å². The van der Waals surface area contributed by atoms with E-state index >= 15 is 0 Å². The van der Waals surface area contributed by atoms with Crippen LogP contribution in [0.5, 0.6) is 0 Å². The number of aliphatic hydroxyl groups excluding tert-OH is 1. The molecule has 0 aromatic rings. The van der Waals surface area contributed by atoms with Crippen LogP contribution >= 0.6 is 0 Å². The van der Waals surface area contributed by atoms with Gasteiger partial charge < -0.3 is 11.6 Å². The Labute approximate surface area is 126 Å². The molecule has 2 nitrogen and oxygen atoms in total. The topological polar surface area (TPSA) is 40.5 Å². The zero-order valence-corrected chi connectivity index (χ0v) is 12.3. The number of aliphatic hydroxyl groups is 2. The van der Waals surface area contributed by atoms with Gasteiger partial charge >= 0.3 is 51.4 Å². The molecule has 0 saturated heterocycles. The molecule has 0 aromatic heterocycles. The third-order valence-corrected chi connectivity index (χ3v) is 2.07. The van der Waals surface area contributed by atoms with Crippen LogP contribution in [0.3, 0.4) is 0 Å². The van der Waals surface area contributed by atoms with E-state index in [1.165, 1.54) is 32.1 Å². The fourth-order valence-electron chi connectivity index (χ4n) is 1.28. The summed E-state index contributed by atoms with van der Waals surface area (Å²) in [6, 6.07) is 0. The van der Waals surface area contributed by atoms with E-state index in [0.717, 1.165) is 12.8 Å². The average Bonchev–Trinajstić information content (AvgIpc) is 2.02. The standard InChI is InChI=1S/C10H22O2.K.H/c1-2-3-4-5-6-7-8-9-10(11)12;;/h10-12H,2-9H2,1H3;;/q;+1;-1. The first kappa shape index (κ1) is 17.0. The average molecular weight is 214 g/mol. The van der Waals surface area contributed by atoms with Crippen LogP contribution in [0, 0.1) is 0 Å². The molecule has 3 heteroatoms. The maximum absolute atomic E-state index is 8.55. The predicted octanol–water partition coefficient (Wildman–Crippen LogP) is -0.446. The van der Waals surface area contributed by atoms with E-state index in [9.17, 15) is 0 Å². The minimum absolute atomic E-state index is 0. The van der Waals surface area contributed by atoms with Gasteiger partial charge in [-0.1, -0.05) is 45.4 Å².